The van der Waals surface area contributed by atoms with Crippen molar-refractivity contribution in [2.45, 2.75) is 26.7 Å². The van der Waals surface area contributed by atoms with Gasteiger partial charge in [-0.2, -0.15) is 0 Å². The highest BCUT2D eigenvalue weighted by Crippen LogP contribution is 2.30. The maximum Gasteiger partial charge on any atom is 0.308 e. The maximum absolute atomic E-state index is 11.1. The first kappa shape index (κ1) is 15.7. The Kier molecular flexibility index (Phi) is 5.72. The van der Waals surface area contributed by atoms with E-state index < -0.39 is 11.9 Å². The number of hydrogen-bond donors (Lipinski definition) is 0. The lowest BCUT2D eigenvalue weighted by atomic mass is 10.0. The lowest BCUT2D eigenvalue weighted by Crippen LogP contribution is -2.08. The standard InChI is InChI=1S/C16H18O4/c1-5-7-13-9-16(20-12(4)18)14(8-6-2)10-15(13)19-11(3)17/h5-6,9-10H,1-2,7-8H2,3-4H3. The van der Waals surface area contributed by atoms with Gasteiger partial charge in [-0.3, -0.25) is 9.59 Å². The molecule has 0 amide bonds. The van der Waals surface area contributed by atoms with Gasteiger partial charge in [-0.25, -0.2) is 0 Å². The summed E-state index contributed by atoms with van der Waals surface area (Å²) in [6.07, 6.45) is 4.39. The van der Waals surface area contributed by atoms with Gasteiger partial charge in [0.1, 0.15) is 11.5 Å². The highest BCUT2D eigenvalue weighted by atomic mass is 16.5. The highest BCUT2D eigenvalue weighted by molar-refractivity contribution is 5.72. The van der Waals surface area contributed by atoms with Gasteiger partial charge in [0.25, 0.3) is 0 Å². The second kappa shape index (κ2) is 7.28. The van der Waals surface area contributed by atoms with Gasteiger partial charge in [0.2, 0.25) is 0 Å². The number of esters is 2. The molecule has 4 heteroatoms. The van der Waals surface area contributed by atoms with E-state index in [0.29, 0.717) is 24.3 Å². The molecule has 0 unspecified atom stereocenters. The van der Waals surface area contributed by atoms with Crippen molar-refractivity contribution in [1.29, 1.82) is 0 Å². The van der Waals surface area contributed by atoms with Crippen LogP contribution >= 0.6 is 0 Å². The Labute approximate surface area is 118 Å². The van der Waals surface area contributed by atoms with Crippen LogP contribution in [0.2, 0.25) is 0 Å². The first-order valence-corrected chi connectivity index (χ1v) is 6.22. The van der Waals surface area contributed by atoms with Crippen LogP contribution in [-0.4, -0.2) is 11.9 Å². The second-order valence-corrected chi connectivity index (χ2v) is 4.24. The van der Waals surface area contributed by atoms with Gasteiger partial charge in [-0.1, -0.05) is 12.2 Å². The van der Waals surface area contributed by atoms with Crippen molar-refractivity contribution in [2.75, 3.05) is 0 Å². The van der Waals surface area contributed by atoms with Crippen LogP contribution in [0.5, 0.6) is 11.5 Å². The Morgan fingerprint density at radius 3 is 1.55 bits per heavy atom. The van der Waals surface area contributed by atoms with E-state index in [9.17, 15) is 9.59 Å². The van der Waals surface area contributed by atoms with Gasteiger partial charge in [-0.05, 0) is 25.0 Å². The van der Waals surface area contributed by atoms with Gasteiger partial charge in [0, 0.05) is 25.0 Å². The number of rotatable bonds is 6. The Balaban J connectivity index is 3.32. The fourth-order valence-corrected chi connectivity index (χ4v) is 1.77. The minimum Gasteiger partial charge on any atom is -0.426 e. The van der Waals surface area contributed by atoms with Gasteiger partial charge in [-0.15, -0.1) is 13.2 Å². The quantitative estimate of drug-likeness (QED) is 0.454. The number of carbonyl (C=O) groups excluding carboxylic acids is 2. The van der Waals surface area contributed by atoms with E-state index in [-0.39, 0.29) is 0 Å². The van der Waals surface area contributed by atoms with E-state index in [2.05, 4.69) is 13.2 Å². The average Bonchev–Trinajstić information content (AvgIpc) is 2.33. The summed E-state index contributed by atoms with van der Waals surface area (Å²) in [6, 6.07) is 3.39. The third-order valence-corrected chi connectivity index (χ3v) is 2.48. The normalized spacial score (nSPS) is 9.70. The lowest BCUT2D eigenvalue weighted by molar-refractivity contribution is -0.133. The molecule has 0 aromatic heterocycles. The zero-order chi connectivity index (χ0) is 15.1. The van der Waals surface area contributed by atoms with Crippen molar-refractivity contribution < 1.29 is 19.1 Å². The summed E-state index contributed by atoms with van der Waals surface area (Å²) < 4.78 is 10.4. The molecule has 0 N–H and O–H groups in total. The summed E-state index contributed by atoms with van der Waals surface area (Å²) in [7, 11) is 0. The van der Waals surface area contributed by atoms with Crippen LogP contribution in [0.3, 0.4) is 0 Å². The fourth-order valence-electron chi connectivity index (χ4n) is 1.77. The Morgan fingerprint density at radius 1 is 0.950 bits per heavy atom. The molecule has 0 spiro atoms. The molecule has 0 radical (unpaired) electrons. The molecule has 0 aliphatic carbocycles. The van der Waals surface area contributed by atoms with E-state index >= 15 is 0 Å². The van der Waals surface area contributed by atoms with E-state index in [4.69, 9.17) is 9.47 Å². The van der Waals surface area contributed by atoms with Gasteiger partial charge >= 0.3 is 11.9 Å². The molecule has 0 fully saturated rings. The zero-order valence-corrected chi connectivity index (χ0v) is 11.8. The Bertz CT molecular complexity index is 494. The summed E-state index contributed by atoms with van der Waals surface area (Å²) in [5, 5.41) is 0. The van der Waals surface area contributed by atoms with Crippen molar-refractivity contribution in [3.05, 3.63) is 48.6 Å². The predicted molar refractivity (Wildman–Crippen MR) is 76.9 cm³/mol. The highest BCUT2D eigenvalue weighted by Gasteiger charge is 2.13. The van der Waals surface area contributed by atoms with Crippen LogP contribution in [0, 0.1) is 0 Å². The Hall–Kier alpha value is -2.36. The number of hydrogen-bond acceptors (Lipinski definition) is 4. The monoisotopic (exact) mass is 274 g/mol. The molecule has 1 aromatic carbocycles. The minimum absolute atomic E-state index is 0.403. The summed E-state index contributed by atoms with van der Waals surface area (Å²) in [6.45, 7) is 10.00. The second-order valence-electron chi connectivity index (χ2n) is 4.24. The summed E-state index contributed by atoms with van der Waals surface area (Å²) >= 11 is 0. The lowest BCUT2D eigenvalue weighted by Gasteiger charge is -2.14. The molecule has 0 saturated heterocycles. The summed E-state index contributed by atoms with van der Waals surface area (Å²) in [5.41, 5.74) is 1.47. The first-order chi connectivity index (χ1) is 9.47. The van der Waals surface area contributed by atoms with Gasteiger partial charge < -0.3 is 9.47 Å². The van der Waals surface area contributed by atoms with Crippen molar-refractivity contribution in [3.8, 4) is 11.5 Å². The number of benzene rings is 1. The van der Waals surface area contributed by atoms with Gasteiger partial charge in [0.15, 0.2) is 0 Å². The average molecular weight is 274 g/mol. The van der Waals surface area contributed by atoms with Crippen LogP contribution < -0.4 is 9.47 Å². The molecule has 4 nitrogen and oxygen atoms in total. The van der Waals surface area contributed by atoms with Crippen LogP contribution in [0.1, 0.15) is 25.0 Å². The number of allylic oxidation sites excluding steroid dienone is 2. The topological polar surface area (TPSA) is 52.6 Å². The molecule has 1 rings (SSSR count). The number of ether oxygens (including phenoxy) is 2. The molecule has 0 atom stereocenters. The van der Waals surface area contributed by atoms with Crippen LogP contribution in [0.4, 0.5) is 0 Å². The van der Waals surface area contributed by atoms with Crippen LogP contribution in [0.25, 0.3) is 0 Å². The SMILES string of the molecule is C=CCc1cc(OC(C)=O)c(CC=C)cc1OC(C)=O. The third kappa shape index (κ3) is 4.39. The van der Waals surface area contributed by atoms with Crippen LogP contribution in [0.15, 0.2) is 37.4 Å². The molecule has 1 aromatic rings. The number of carbonyl (C=O) groups is 2. The largest absolute Gasteiger partial charge is 0.426 e. The molecule has 0 aliphatic rings. The van der Waals surface area contributed by atoms with Crippen molar-refractivity contribution >= 4 is 11.9 Å². The molecular weight excluding hydrogens is 256 g/mol. The first-order valence-electron chi connectivity index (χ1n) is 6.22. The van der Waals surface area contributed by atoms with Gasteiger partial charge in [0.05, 0.1) is 0 Å². The zero-order valence-electron chi connectivity index (χ0n) is 11.8. The molecule has 0 heterocycles. The molecule has 0 bridgehead atoms. The van der Waals surface area contributed by atoms with E-state index in [1.165, 1.54) is 13.8 Å². The predicted octanol–water partition coefficient (Wildman–Crippen LogP) is 2.99. The third-order valence-electron chi connectivity index (χ3n) is 2.48. The maximum atomic E-state index is 11.1. The molecular formula is C16H18O4. The van der Waals surface area contributed by atoms with Crippen molar-refractivity contribution in [3.63, 3.8) is 0 Å². The molecule has 0 aliphatic heterocycles. The van der Waals surface area contributed by atoms with E-state index in [0.717, 1.165) is 11.1 Å². The summed E-state index contributed by atoms with van der Waals surface area (Å²) in [5.74, 6) is 0.0931. The van der Waals surface area contributed by atoms with Crippen LogP contribution in [-0.2, 0) is 22.4 Å². The van der Waals surface area contributed by atoms with Crippen molar-refractivity contribution in [1.82, 2.24) is 0 Å². The molecule has 106 valence electrons. The van der Waals surface area contributed by atoms with E-state index in [1.54, 1.807) is 24.3 Å². The van der Waals surface area contributed by atoms with E-state index in [1.807, 2.05) is 0 Å². The van der Waals surface area contributed by atoms with Crippen molar-refractivity contribution in [2.24, 2.45) is 0 Å². The summed E-state index contributed by atoms with van der Waals surface area (Å²) in [4.78, 5) is 22.3. The molecule has 20 heavy (non-hydrogen) atoms. The molecule has 0 saturated carbocycles. The Morgan fingerprint density at radius 2 is 1.30 bits per heavy atom. The minimum atomic E-state index is -0.403. The fraction of sp³-hybridized carbons (Fsp3) is 0.250. The smallest absolute Gasteiger partial charge is 0.308 e.